The summed E-state index contributed by atoms with van der Waals surface area (Å²) in [5.41, 5.74) is 7.41. The third kappa shape index (κ3) is 1.85. The first-order chi connectivity index (χ1) is 7.19. The highest BCUT2D eigenvalue weighted by atomic mass is 79.9. The summed E-state index contributed by atoms with van der Waals surface area (Å²) < 4.78 is 7.15. The van der Waals surface area contributed by atoms with E-state index in [4.69, 9.17) is 10.5 Å². The van der Waals surface area contributed by atoms with Gasteiger partial charge in [-0.3, -0.25) is 0 Å². The fourth-order valence-corrected chi connectivity index (χ4v) is 2.94. The van der Waals surface area contributed by atoms with E-state index in [2.05, 4.69) is 22.0 Å². The largest absolute Gasteiger partial charge is 0.487 e. The van der Waals surface area contributed by atoms with Crippen LogP contribution < -0.4 is 10.5 Å². The molecule has 16 heavy (non-hydrogen) atoms. The first-order valence-corrected chi connectivity index (χ1v) is 6.22. The van der Waals surface area contributed by atoms with Gasteiger partial charge in [0.15, 0.2) is 0 Å². The fourth-order valence-electron chi connectivity index (χ4n) is 2.56. The van der Waals surface area contributed by atoms with Gasteiger partial charge in [-0.1, -0.05) is 15.9 Å². The molecule has 1 aromatic rings. The Bertz CT molecular complexity index is 406. The lowest BCUT2D eigenvalue weighted by Crippen LogP contribution is -2.48. The maximum atomic E-state index is 6.20. The normalized spacial score (nSPS) is 25.0. The van der Waals surface area contributed by atoms with E-state index in [-0.39, 0.29) is 24.0 Å². The lowest BCUT2D eigenvalue weighted by Gasteiger charge is -2.47. The topological polar surface area (TPSA) is 35.2 Å². The van der Waals surface area contributed by atoms with Crippen LogP contribution in [0.5, 0.6) is 5.75 Å². The van der Waals surface area contributed by atoms with E-state index >= 15 is 0 Å². The van der Waals surface area contributed by atoms with E-state index < -0.39 is 0 Å². The maximum Gasteiger partial charge on any atom is 0.124 e. The zero-order valence-corrected chi connectivity index (χ0v) is 11.3. The highest BCUT2D eigenvalue weighted by Gasteiger charge is 2.44. The van der Waals surface area contributed by atoms with Gasteiger partial charge in [-0.2, -0.15) is 0 Å². The highest BCUT2D eigenvalue weighted by Crippen LogP contribution is 2.48. The van der Waals surface area contributed by atoms with E-state index in [9.17, 15) is 0 Å². The molecule has 1 aromatic carbocycles. The molecular formula is C12H15BrClNO. The fraction of sp³-hybridized carbons (Fsp3) is 0.500. The molecule has 1 atom stereocenters. The predicted octanol–water partition coefficient (Wildman–Crippen LogP) is 3.58. The number of nitrogens with two attached hydrogens (primary N) is 1. The van der Waals surface area contributed by atoms with Gasteiger partial charge in [-0.25, -0.2) is 0 Å². The molecule has 88 valence electrons. The Morgan fingerprint density at radius 1 is 1.38 bits per heavy atom. The van der Waals surface area contributed by atoms with Crippen LogP contribution in [0.4, 0.5) is 0 Å². The van der Waals surface area contributed by atoms with Gasteiger partial charge in [-0.15, -0.1) is 12.4 Å². The van der Waals surface area contributed by atoms with Gasteiger partial charge < -0.3 is 10.5 Å². The lowest BCUT2D eigenvalue weighted by molar-refractivity contribution is -0.0329. The molecule has 4 heteroatoms. The number of benzene rings is 1. The second kappa shape index (κ2) is 4.21. The molecule has 0 aromatic heterocycles. The monoisotopic (exact) mass is 303 g/mol. The lowest BCUT2D eigenvalue weighted by atomic mass is 9.73. The molecule has 1 saturated carbocycles. The molecule has 1 aliphatic heterocycles. The van der Waals surface area contributed by atoms with Crippen LogP contribution in [0.15, 0.2) is 22.7 Å². The van der Waals surface area contributed by atoms with Crippen molar-refractivity contribution >= 4 is 28.3 Å². The Morgan fingerprint density at radius 3 is 2.75 bits per heavy atom. The number of ether oxygens (including phenoxy) is 1. The molecule has 0 bridgehead atoms. The Balaban J connectivity index is 0.000000963. The first-order valence-electron chi connectivity index (χ1n) is 5.43. The summed E-state index contributed by atoms with van der Waals surface area (Å²) in [6.45, 7) is 0. The van der Waals surface area contributed by atoms with Crippen molar-refractivity contribution in [1.82, 2.24) is 0 Å². The van der Waals surface area contributed by atoms with Crippen LogP contribution in [0.3, 0.4) is 0 Å². The molecule has 1 spiro atoms. The second-order valence-electron chi connectivity index (χ2n) is 4.63. The van der Waals surface area contributed by atoms with Crippen molar-refractivity contribution in [3.8, 4) is 5.75 Å². The predicted molar refractivity (Wildman–Crippen MR) is 70.1 cm³/mol. The second-order valence-corrected chi connectivity index (χ2v) is 5.55. The van der Waals surface area contributed by atoms with Gasteiger partial charge >= 0.3 is 0 Å². The summed E-state index contributed by atoms with van der Waals surface area (Å²) in [5, 5.41) is 0. The van der Waals surface area contributed by atoms with Crippen LogP contribution in [-0.2, 0) is 0 Å². The van der Waals surface area contributed by atoms with Crippen LogP contribution >= 0.6 is 28.3 Å². The summed E-state index contributed by atoms with van der Waals surface area (Å²) in [4.78, 5) is 0. The van der Waals surface area contributed by atoms with E-state index in [0.29, 0.717) is 0 Å². The molecule has 2 aliphatic rings. The Morgan fingerprint density at radius 2 is 2.12 bits per heavy atom. The first kappa shape index (κ1) is 12.2. The molecule has 1 fully saturated rings. The van der Waals surface area contributed by atoms with Gasteiger partial charge in [0.2, 0.25) is 0 Å². The third-order valence-corrected chi connectivity index (χ3v) is 4.05. The molecule has 0 radical (unpaired) electrons. The Hall–Kier alpha value is -0.250. The van der Waals surface area contributed by atoms with E-state index in [1.807, 2.05) is 12.1 Å². The van der Waals surface area contributed by atoms with Crippen molar-refractivity contribution in [2.24, 2.45) is 5.73 Å². The third-order valence-electron chi connectivity index (χ3n) is 3.55. The van der Waals surface area contributed by atoms with Gasteiger partial charge in [0.05, 0.1) is 0 Å². The van der Waals surface area contributed by atoms with Gasteiger partial charge in [-0.05, 0) is 37.5 Å². The number of hydrogen-bond donors (Lipinski definition) is 1. The molecule has 2 N–H and O–H groups in total. The number of hydrogen-bond acceptors (Lipinski definition) is 2. The number of halogens is 2. The maximum absolute atomic E-state index is 6.20. The van der Waals surface area contributed by atoms with Crippen molar-refractivity contribution in [2.45, 2.75) is 37.3 Å². The standard InChI is InChI=1S/C12H14BrNO.ClH/c13-8-2-3-11-9(6-8)10(14)7-12(15-11)4-1-5-12;/h2-3,6,10H,1,4-5,7,14H2;1H. The summed E-state index contributed by atoms with van der Waals surface area (Å²) in [7, 11) is 0. The average molecular weight is 305 g/mol. The molecule has 1 aliphatic carbocycles. The molecule has 1 heterocycles. The molecule has 0 saturated heterocycles. The number of fused-ring (bicyclic) bond motifs is 1. The van der Waals surface area contributed by atoms with Crippen LogP contribution in [-0.4, -0.2) is 5.60 Å². The molecule has 1 unspecified atom stereocenters. The summed E-state index contributed by atoms with van der Waals surface area (Å²) in [6.07, 6.45) is 4.57. The van der Waals surface area contributed by atoms with Crippen molar-refractivity contribution in [1.29, 1.82) is 0 Å². The van der Waals surface area contributed by atoms with Crippen LogP contribution in [0.2, 0.25) is 0 Å². The minimum atomic E-state index is 0. The summed E-state index contributed by atoms with van der Waals surface area (Å²) in [6, 6.07) is 6.25. The zero-order chi connectivity index (χ0) is 10.5. The van der Waals surface area contributed by atoms with Gasteiger partial charge in [0, 0.05) is 22.5 Å². The minimum Gasteiger partial charge on any atom is -0.487 e. The van der Waals surface area contributed by atoms with E-state index in [0.717, 1.165) is 35.0 Å². The average Bonchev–Trinajstić information content (AvgIpc) is 2.16. The van der Waals surface area contributed by atoms with Crippen molar-refractivity contribution < 1.29 is 4.74 Å². The van der Waals surface area contributed by atoms with Gasteiger partial charge in [0.1, 0.15) is 11.4 Å². The summed E-state index contributed by atoms with van der Waals surface area (Å²) >= 11 is 3.47. The van der Waals surface area contributed by atoms with Crippen LogP contribution in [0, 0.1) is 0 Å². The zero-order valence-electron chi connectivity index (χ0n) is 8.91. The molecule has 0 amide bonds. The molecular weight excluding hydrogens is 289 g/mol. The van der Waals surface area contributed by atoms with Crippen LogP contribution in [0.25, 0.3) is 0 Å². The highest BCUT2D eigenvalue weighted by molar-refractivity contribution is 9.10. The summed E-state index contributed by atoms with van der Waals surface area (Å²) in [5.74, 6) is 0.983. The number of rotatable bonds is 0. The van der Waals surface area contributed by atoms with Crippen molar-refractivity contribution in [2.75, 3.05) is 0 Å². The SMILES string of the molecule is Cl.NC1CC2(CCC2)Oc2ccc(Br)cc21. The van der Waals surface area contributed by atoms with E-state index in [1.54, 1.807) is 0 Å². The Kier molecular flexibility index (Phi) is 3.21. The Labute approximate surface area is 110 Å². The van der Waals surface area contributed by atoms with Crippen molar-refractivity contribution in [3.05, 3.63) is 28.2 Å². The smallest absolute Gasteiger partial charge is 0.124 e. The molecule has 3 rings (SSSR count). The van der Waals surface area contributed by atoms with E-state index in [1.165, 1.54) is 6.42 Å². The van der Waals surface area contributed by atoms with Crippen molar-refractivity contribution in [3.63, 3.8) is 0 Å². The minimum absolute atomic E-state index is 0. The van der Waals surface area contributed by atoms with Crippen LogP contribution in [0.1, 0.15) is 37.3 Å². The molecule has 2 nitrogen and oxygen atoms in total. The quantitative estimate of drug-likeness (QED) is 0.795. The van der Waals surface area contributed by atoms with Gasteiger partial charge in [0.25, 0.3) is 0 Å².